The van der Waals surface area contributed by atoms with Gasteiger partial charge in [-0.1, -0.05) is 42.5 Å². The summed E-state index contributed by atoms with van der Waals surface area (Å²) in [6.07, 6.45) is 0.406. The monoisotopic (exact) mass is 377 g/mol. The molecule has 0 aliphatic heterocycles. The van der Waals surface area contributed by atoms with E-state index >= 15 is 0 Å². The van der Waals surface area contributed by atoms with E-state index < -0.39 is 0 Å². The van der Waals surface area contributed by atoms with Gasteiger partial charge in [-0.3, -0.25) is 9.89 Å². The van der Waals surface area contributed by atoms with Crippen molar-refractivity contribution in [3.63, 3.8) is 0 Å². The van der Waals surface area contributed by atoms with Crippen LogP contribution in [0.15, 0.2) is 54.6 Å². The van der Waals surface area contributed by atoms with E-state index in [1.54, 1.807) is 12.0 Å². The number of aromatic nitrogens is 2. The van der Waals surface area contributed by atoms with Crippen molar-refractivity contribution in [2.24, 2.45) is 0 Å². The average Bonchev–Trinajstić information content (AvgIpc) is 3.04. The number of amides is 1. The zero-order valence-electron chi connectivity index (χ0n) is 16.9. The molecule has 28 heavy (non-hydrogen) atoms. The summed E-state index contributed by atoms with van der Waals surface area (Å²) < 4.78 is 5.27. The number of nitrogens with zero attached hydrogens (tertiary/aromatic N) is 2. The highest BCUT2D eigenvalue weighted by Crippen LogP contribution is 2.30. The van der Waals surface area contributed by atoms with Crippen molar-refractivity contribution >= 4 is 5.91 Å². The molecule has 1 N–H and O–H groups in total. The summed E-state index contributed by atoms with van der Waals surface area (Å²) in [6.45, 7) is 4.50. The normalized spacial score (nSPS) is 11.9. The van der Waals surface area contributed by atoms with E-state index in [4.69, 9.17) is 4.74 Å². The molecule has 2 aromatic carbocycles. The van der Waals surface area contributed by atoms with E-state index in [-0.39, 0.29) is 11.8 Å². The molecule has 3 aromatic rings. The molecule has 1 aromatic heterocycles. The summed E-state index contributed by atoms with van der Waals surface area (Å²) in [7, 11) is 3.51. The Morgan fingerprint density at radius 1 is 1.07 bits per heavy atom. The molecule has 146 valence electrons. The first-order valence-corrected chi connectivity index (χ1v) is 9.43. The number of aromatic amines is 1. The van der Waals surface area contributed by atoms with Crippen molar-refractivity contribution < 1.29 is 9.53 Å². The van der Waals surface area contributed by atoms with Crippen LogP contribution >= 0.6 is 0 Å². The SMILES string of the molecule is COc1ccc([C@@H](CC(=O)N(C)Cc2c(C)n[nH]c2C)c2ccccc2)cc1. The molecule has 0 spiro atoms. The lowest BCUT2D eigenvalue weighted by Crippen LogP contribution is -2.28. The van der Waals surface area contributed by atoms with Crippen molar-refractivity contribution in [3.05, 3.63) is 82.7 Å². The highest BCUT2D eigenvalue weighted by Gasteiger charge is 2.21. The van der Waals surface area contributed by atoms with Crippen LogP contribution in [0.2, 0.25) is 0 Å². The van der Waals surface area contributed by atoms with Crippen LogP contribution in [0.1, 0.15) is 40.4 Å². The molecule has 0 unspecified atom stereocenters. The van der Waals surface area contributed by atoms with Crippen LogP contribution in [-0.2, 0) is 11.3 Å². The Balaban J connectivity index is 1.81. The number of ether oxygens (including phenoxy) is 1. The molecular formula is C23H27N3O2. The smallest absolute Gasteiger partial charge is 0.223 e. The highest BCUT2D eigenvalue weighted by atomic mass is 16.5. The van der Waals surface area contributed by atoms with E-state index in [2.05, 4.69) is 22.3 Å². The van der Waals surface area contributed by atoms with Gasteiger partial charge in [0.15, 0.2) is 0 Å². The summed E-state index contributed by atoms with van der Waals surface area (Å²) in [5.74, 6) is 0.906. The Morgan fingerprint density at radius 2 is 1.71 bits per heavy atom. The zero-order valence-corrected chi connectivity index (χ0v) is 16.9. The predicted octanol–water partition coefficient (Wildman–Crippen LogP) is 4.22. The molecule has 0 bridgehead atoms. The van der Waals surface area contributed by atoms with Crippen molar-refractivity contribution in [1.29, 1.82) is 0 Å². The second kappa shape index (κ2) is 8.74. The second-order valence-electron chi connectivity index (χ2n) is 7.10. The van der Waals surface area contributed by atoms with Gasteiger partial charge < -0.3 is 9.64 Å². The molecule has 1 amide bonds. The Hall–Kier alpha value is -3.08. The van der Waals surface area contributed by atoms with E-state index in [9.17, 15) is 4.79 Å². The van der Waals surface area contributed by atoms with Crippen molar-refractivity contribution in [3.8, 4) is 5.75 Å². The fourth-order valence-electron chi connectivity index (χ4n) is 3.41. The molecule has 0 saturated carbocycles. The minimum absolute atomic E-state index is 0.00593. The van der Waals surface area contributed by atoms with Gasteiger partial charge in [0.25, 0.3) is 0 Å². The summed E-state index contributed by atoms with van der Waals surface area (Å²) in [4.78, 5) is 14.8. The van der Waals surface area contributed by atoms with Gasteiger partial charge in [0.2, 0.25) is 5.91 Å². The molecule has 0 aliphatic rings. The van der Waals surface area contributed by atoms with Crippen LogP contribution in [0.4, 0.5) is 0 Å². The zero-order chi connectivity index (χ0) is 20.1. The second-order valence-corrected chi connectivity index (χ2v) is 7.10. The topological polar surface area (TPSA) is 58.2 Å². The largest absolute Gasteiger partial charge is 0.497 e. The lowest BCUT2D eigenvalue weighted by Gasteiger charge is -2.23. The van der Waals surface area contributed by atoms with Crippen LogP contribution in [0.25, 0.3) is 0 Å². The Labute approximate surface area is 166 Å². The Bertz CT molecular complexity index is 897. The van der Waals surface area contributed by atoms with Crippen LogP contribution in [0, 0.1) is 13.8 Å². The number of rotatable bonds is 7. The molecule has 0 radical (unpaired) electrons. The number of aryl methyl sites for hydroxylation is 2. The highest BCUT2D eigenvalue weighted by molar-refractivity contribution is 5.77. The summed E-state index contributed by atoms with van der Waals surface area (Å²) >= 11 is 0. The van der Waals surface area contributed by atoms with Gasteiger partial charge in [-0.15, -0.1) is 0 Å². The standard InChI is InChI=1S/C23H27N3O2/c1-16-22(17(2)25-24-16)15-26(3)23(27)14-21(18-8-6-5-7-9-18)19-10-12-20(28-4)13-11-19/h5-13,21H,14-15H2,1-4H3,(H,24,25)/t21-/m0/s1. The fourth-order valence-corrected chi connectivity index (χ4v) is 3.41. The number of carbonyl (C=O) groups is 1. The number of carbonyl (C=O) groups excluding carboxylic acids is 1. The number of benzene rings is 2. The maximum atomic E-state index is 13.0. The minimum Gasteiger partial charge on any atom is -0.497 e. The van der Waals surface area contributed by atoms with Crippen LogP contribution in [-0.4, -0.2) is 35.2 Å². The molecule has 0 fully saturated rings. The quantitative estimate of drug-likeness (QED) is 0.671. The first-order valence-electron chi connectivity index (χ1n) is 9.43. The Morgan fingerprint density at radius 3 is 2.29 bits per heavy atom. The number of methoxy groups -OCH3 is 1. The third-order valence-corrected chi connectivity index (χ3v) is 5.20. The van der Waals surface area contributed by atoms with Crippen LogP contribution < -0.4 is 4.74 Å². The number of hydrogen-bond acceptors (Lipinski definition) is 3. The number of hydrogen-bond donors (Lipinski definition) is 1. The molecule has 0 aliphatic carbocycles. The van der Waals surface area contributed by atoms with E-state index in [0.29, 0.717) is 13.0 Å². The number of nitrogens with one attached hydrogen (secondary N) is 1. The first kappa shape index (κ1) is 19.7. The molecule has 0 saturated heterocycles. The molecule has 1 atom stereocenters. The number of H-pyrrole nitrogens is 1. The van der Waals surface area contributed by atoms with Gasteiger partial charge in [-0.2, -0.15) is 5.10 Å². The van der Waals surface area contributed by atoms with Crippen LogP contribution in [0.5, 0.6) is 5.75 Å². The predicted molar refractivity (Wildman–Crippen MR) is 110 cm³/mol. The van der Waals surface area contributed by atoms with Crippen molar-refractivity contribution in [2.45, 2.75) is 32.7 Å². The lowest BCUT2D eigenvalue weighted by molar-refractivity contribution is -0.130. The lowest BCUT2D eigenvalue weighted by atomic mass is 9.88. The summed E-state index contributed by atoms with van der Waals surface area (Å²) in [5, 5.41) is 7.21. The van der Waals surface area contributed by atoms with Gasteiger partial charge in [0.1, 0.15) is 5.75 Å². The van der Waals surface area contributed by atoms with Gasteiger partial charge in [-0.05, 0) is 37.1 Å². The molecule has 5 nitrogen and oxygen atoms in total. The maximum Gasteiger partial charge on any atom is 0.223 e. The fraction of sp³-hybridized carbons (Fsp3) is 0.304. The molecule has 5 heteroatoms. The summed E-state index contributed by atoms with van der Waals surface area (Å²) in [5.41, 5.74) is 5.25. The van der Waals surface area contributed by atoms with E-state index in [0.717, 1.165) is 33.8 Å². The van der Waals surface area contributed by atoms with Gasteiger partial charge >= 0.3 is 0 Å². The van der Waals surface area contributed by atoms with Gasteiger partial charge in [0, 0.05) is 37.2 Å². The van der Waals surface area contributed by atoms with E-state index in [1.807, 2.05) is 63.4 Å². The molecule has 3 rings (SSSR count). The van der Waals surface area contributed by atoms with Gasteiger partial charge in [0.05, 0.1) is 12.8 Å². The minimum atomic E-state index is -0.00593. The third-order valence-electron chi connectivity index (χ3n) is 5.20. The molecular weight excluding hydrogens is 350 g/mol. The van der Waals surface area contributed by atoms with Crippen molar-refractivity contribution in [2.75, 3.05) is 14.2 Å². The van der Waals surface area contributed by atoms with E-state index in [1.165, 1.54) is 0 Å². The third kappa shape index (κ3) is 4.42. The first-order chi connectivity index (χ1) is 13.5. The maximum absolute atomic E-state index is 13.0. The van der Waals surface area contributed by atoms with Crippen LogP contribution in [0.3, 0.4) is 0 Å². The molecule has 1 heterocycles. The average molecular weight is 377 g/mol. The Kier molecular flexibility index (Phi) is 6.14. The summed E-state index contributed by atoms with van der Waals surface area (Å²) in [6, 6.07) is 18.1. The van der Waals surface area contributed by atoms with Crippen molar-refractivity contribution in [1.82, 2.24) is 15.1 Å². The van der Waals surface area contributed by atoms with Gasteiger partial charge in [-0.25, -0.2) is 0 Å².